The number of hydrogen-bond donors (Lipinski definition) is 1. The van der Waals surface area contributed by atoms with Crippen molar-refractivity contribution in [3.05, 3.63) is 17.6 Å². The maximum absolute atomic E-state index is 4.74. The average Bonchev–Trinajstić information content (AvgIpc) is 3.24. The van der Waals surface area contributed by atoms with Crippen LogP contribution in [-0.2, 0) is 6.42 Å². The topological polar surface area (TPSA) is 41.1 Å². The van der Waals surface area contributed by atoms with Crippen LogP contribution < -0.4 is 5.32 Å². The molecule has 0 bridgehead atoms. The molecule has 1 fully saturated rings. The van der Waals surface area contributed by atoms with Crippen molar-refractivity contribution >= 4 is 5.82 Å². The van der Waals surface area contributed by atoms with Gasteiger partial charge in [0.1, 0.15) is 11.6 Å². The third-order valence-electron chi connectivity index (χ3n) is 3.69. The van der Waals surface area contributed by atoms with Gasteiger partial charge in [-0.1, -0.05) is 13.8 Å². The summed E-state index contributed by atoms with van der Waals surface area (Å²) in [5.74, 6) is 2.67. The molecular weight excluding hydrogens is 236 g/mol. The Morgan fingerprint density at radius 1 is 1.21 bits per heavy atom. The van der Waals surface area contributed by atoms with E-state index in [9.17, 15) is 0 Å². The van der Waals surface area contributed by atoms with Gasteiger partial charge in [-0.15, -0.1) is 0 Å². The largest absolute Gasteiger partial charge is 0.370 e. The number of aromatic nitrogens is 2. The smallest absolute Gasteiger partial charge is 0.132 e. The van der Waals surface area contributed by atoms with E-state index in [-0.39, 0.29) is 0 Å². The zero-order valence-electron chi connectivity index (χ0n) is 12.4. The van der Waals surface area contributed by atoms with E-state index in [0.717, 1.165) is 44.2 Å². The predicted octanol–water partition coefficient (Wildman–Crippen LogP) is 2.67. The van der Waals surface area contributed by atoms with E-state index in [1.165, 1.54) is 18.5 Å². The quantitative estimate of drug-likeness (QED) is 0.782. The van der Waals surface area contributed by atoms with Crippen molar-refractivity contribution < 1.29 is 0 Å². The number of nitrogens with one attached hydrogen (secondary N) is 1. The SMILES string of the molecule is CCNc1cc(C2CC2)nc(CCN(CC)CC)n1. The molecule has 0 amide bonds. The Bertz CT molecular complexity index is 397. The van der Waals surface area contributed by atoms with Crippen LogP contribution in [-0.4, -0.2) is 41.0 Å². The zero-order valence-corrected chi connectivity index (χ0v) is 12.4. The van der Waals surface area contributed by atoms with Gasteiger partial charge in [0.15, 0.2) is 0 Å². The Kier molecular flexibility index (Phi) is 5.14. The highest BCUT2D eigenvalue weighted by atomic mass is 15.1. The fourth-order valence-corrected chi connectivity index (χ4v) is 2.29. The molecule has 1 aliphatic carbocycles. The first kappa shape index (κ1) is 14.3. The van der Waals surface area contributed by atoms with E-state index in [4.69, 9.17) is 4.98 Å². The van der Waals surface area contributed by atoms with Gasteiger partial charge in [0, 0.05) is 37.2 Å². The first-order valence-electron chi connectivity index (χ1n) is 7.60. The van der Waals surface area contributed by atoms with E-state index < -0.39 is 0 Å². The van der Waals surface area contributed by atoms with Crippen molar-refractivity contribution in [2.45, 2.75) is 46.0 Å². The number of rotatable bonds is 8. The molecule has 0 spiro atoms. The minimum atomic E-state index is 0.688. The van der Waals surface area contributed by atoms with Crippen LogP contribution in [0.1, 0.15) is 51.0 Å². The van der Waals surface area contributed by atoms with Gasteiger partial charge in [-0.3, -0.25) is 0 Å². The minimum absolute atomic E-state index is 0.688. The summed E-state index contributed by atoms with van der Waals surface area (Å²) in [5.41, 5.74) is 1.24. The van der Waals surface area contributed by atoms with E-state index in [2.05, 4.69) is 42.0 Å². The second-order valence-electron chi connectivity index (χ2n) is 5.18. The molecule has 1 aliphatic rings. The van der Waals surface area contributed by atoms with Crippen molar-refractivity contribution in [1.29, 1.82) is 0 Å². The third kappa shape index (κ3) is 4.16. The first-order valence-corrected chi connectivity index (χ1v) is 7.60. The molecule has 1 N–H and O–H groups in total. The molecule has 0 radical (unpaired) electrons. The van der Waals surface area contributed by atoms with Gasteiger partial charge in [0.2, 0.25) is 0 Å². The highest BCUT2D eigenvalue weighted by molar-refractivity contribution is 5.38. The molecule has 1 heterocycles. The summed E-state index contributed by atoms with van der Waals surface area (Å²) in [5, 5.41) is 3.32. The van der Waals surface area contributed by atoms with Crippen molar-refractivity contribution in [3.63, 3.8) is 0 Å². The van der Waals surface area contributed by atoms with Crippen molar-refractivity contribution in [1.82, 2.24) is 14.9 Å². The van der Waals surface area contributed by atoms with Gasteiger partial charge >= 0.3 is 0 Å². The van der Waals surface area contributed by atoms with Crippen molar-refractivity contribution in [2.75, 3.05) is 31.5 Å². The lowest BCUT2D eigenvalue weighted by molar-refractivity contribution is 0.305. The Morgan fingerprint density at radius 3 is 2.53 bits per heavy atom. The maximum atomic E-state index is 4.74. The summed E-state index contributed by atoms with van der Waals surface area (Å²) in [6.07, 6.45) is 3.52. The Balaban J connectivity index is 2.05. The summed E-state index contributed by atoms with van der Waals surface area (Å²) in [7, 11) is 0. The molecule has 0 aromatic carbocycles. The summed E-state index contributed by atoms with van der Waals surface area (Å²) in [6.45, 7) is 10.7. The van der Waals surface area contributed by atoms with Crippen molar-refractivity contribution in [2.24, 2.45) is 0 Å². The van der Waals surface area contributed by atoms with Gasteiger partial charge in [0.05, 0.1) is 0 Å². The molecule has 0 unspecified atom stereocenters. The van der Waals surface area contributed by atoms with Gasteiger partial charge in [-0.05, 0) is 32.9 Å². The monoisotopic (exact) mass is 262 g/mol. The molecule has 2 rings (SSSR count). The molecular formula is C15H26N4. The van der Waals surface area contributed by atoms with Gasteiger partial charge < -0.3 is 10.2 Å². The first-order chi connectivity index (χ1) is 9.26. The second kappa shape index (κ2) is 6.85. The molecule has 0 atom stereocenters. The molecule has 4 nitrogen and oxygen atoms in total. The lowest BCUT2D eigenvalue weighted by Gasteiger charge is -2.17. The van der Waals surface area contributed by atoms with E-state index in [1.54, 1.807) is 0 Å². The fourth-order valence-electron chi connectivity index (χ4n) is 2.29. The predicted molar refractivity (Wildman–Crippen MR) is 79.7 cm³/mol. The van der Waals surface area contributed by atoms with Crippen LogP contribution in [0.5, 0.6) is 0 Å². The van der Waals surface area contributed by atoms with Crippen LogP contribution >= 0.6 is 0 Å². The van der Waals surface area contributed by atoms with Crippen LogP contribution in [0.4, 0.5) is 5.82 Å². The fraction of sp³-hybridized carbons (Fsp3) is 0.733. The van der Waals surface area contributed by atoms with Crippen LogP contribution in [0.25, 0.3) is 0 Å². The Labute approximate surface area is 116 Å². The zero-order chi connectivity index (χ0) is 13.7. The normalized spacial score (nSPS) is 14.9. The Hall–Kier alpha value is -1.16. The second-order valence-corrected chi connectivity index (χ2v) is 5.18. The highest BCUT2D eigenvalue weighted by Gasteiger charge is 2.26. The molecule has 4 heteroatoms. The molecule has 1 saturated carbocycles. The highest BCUT2D eigenvalue weighted by Crippen LogP contribution is 2.39. The van der Waals surface area contributed by atoms with Crippen LogP contribution in [0, 0.1) is 0 Å². The Morgan fingerprint density at radius 2 is 1.95 bits per heavy atom. The summed E-state index contributed by atoms with van der Waals surface area (Å²) in [4.78, 5) is 11.8. The number of nitrogens with zero attached hydrogens (tertiary/aromatic N) is 3. The number of hydrogen-bond acceptors (Lipinski definition) is 4. The molecule has 19 heavy (non-hydrogen) atoms. The van der Waals surface area contributed by atoms with Crippen molar-refractivity contribution in [3.8, 4) is 0 Å². The summed E-state index contributed by atoms with van der Waals surface area (Å²) < 4.78 is 0. The molecule has 0 aliphatic heterocycles. The lowest BCUT2D eigenvalue weighted by atomic mass is 10.2. The number of likely N-dealkylation sites (N-methyl/N-ethyl adjacent to an activating group) is 1. The lowest BCUT2D eigenvalue weighted by Crippen LogP contribution is -2.26. The standard InChI is InChI=1S/C15H26N4/c1-4-16-15-11-13(12-7-8-12)17-14(18-15)9-10-19(5-2)6-3/h11-12H,4-10H2,1-3H3,(H,16,17,18). The van der Waals surface area contributed by atoms with E-state index in [1.807, 2.05) is 0 Å². The molecule has 1 aromatic rings. The minimum Gasteiger partial charge on any atom is -0.370 e. The molecule has 1 aromatic heterocycles. The summed E-state index contributed by atoms with van der Waals surface area (Å²) >= 11 is 0. The van der Waals surface area contributed by atoms with E-state index in [0.29, 0.717) is 5.92 Å². The average molecular weight is 262 g/mol. The van der Waals surface area contributed by atoms with Gasteiger partial charge in [-0.2, -0.15) is 0 Å². The molecule has 0 saturated heterocycles. The summed E-state index contributed by atoms with van der Waals surface area (Å²) in [6, 6.07) is 2.13. The van der Waals surface area contributed by atoms with Crippen LogP contribution in [0.2, 0.25) is 0 Å². The maximum Gasteiger partial charge on any atom is 0.132 e. The van der Waals surface area contributed by atoms with Crippen LogP contribution in [0.15, 0.2) is 6.07 Å². The molecule has 106 valence electrons. The number of anilines is 1. The van der Waals surface area contributed by atoms with Gasteiger partial charge in [-0.25, -0.2) is 9.97 Å². The van der Waals surface area contributed by atoms with E-state index >= 15 is 0 Å². The van der Waals surface area contributed by atoms with Gasteiger partial charge in [0.25, 0.3) is 0 Å². The third-order valence-corrected chi connectivity index (χ3v) is 3.69. The van der Waals surface area contributed by atoms with Crippen LogP contribution in [0.3, 0.4) is 0 Å².